The number of aromatic nitrogens is 4. The first-order chi connectivity index (χ1) is 10.8. The summed E-state index contributed by atoms with van der Waals surface area (Å²) in [6.07, 6.45) is 3.42. The second-order valence-corrected chi connectivity index (χ2v) is 5.81. The summed E-state index contributed by atoms with van der Waals surface area (Å²) in [5.41, 5.74) is 7.53. The van der Waals surface area contributed by atoms with Crippen LogP contribution in [0.2, 0.25) is 0 Å². The van der Waals surface area contributed by atoms with E-state index in [0.29, 0.717) is 0 Å². The zero-order valence-electron chi connectivity index (χ0n) is 11.9. The molecule has 0 aliphatic heterocycles. The highest BCUT2D eigenvalue weighted by molar-refractivity contribution is 7.13. The smallest absolute Gasteiger partial charge is 0.107 e. The first-order valence-corrected chi connectivity index (χ1v) is 7.78. The lowest BCUT2D eigenvalue weighted by atomic mass is 10.1. The molecule has 5 heteroatoms. The molecule has 0 bridgehead atoms. The monoisotopic (exact) mass is 304 g/mol. The van der Waals surface area contributed by atoms with Gasteiger partial charge >= 0.3 is 0 Å². The summed E-state index contributed by atoms with van der Waals surface area (Å²) in [6, 6.07) is 12.1. The average molecular weight is 304 g/mol. The summed E-state index contributed by atoms with van der Waals surface area (Å²) in [6.45, 7) is 1.99. The van der Waals surface area contributed by atoms with Crippen molar-refractivity contribution in [2.24, 2.45) is 0 Å². The van der Waals surface area contributed by atoms with Gasteiger partial charge in [0.25, 0.3) is 0 Å². The van der Waals surface area contributed by atoms with E-state index in [4.69, 9.17) is 0 Å². The maximum absolute atomic E-state index is 4.58. The lowest BCUT2D eigenvalue weighted by molar-refractivity contribution is 1.19. The number of nitrogens with zero attached hydrogens (tertiary/aromatic N) is 4. The molecule has 0 saturated carbocycles. The molecule has 0 aliphatic carbocycles. The molecule has 0 atom stereocenters. The molecular formula is C17H12N4S. The fourth-order valence-corrected chi connectivity index (χ4v) is 3.21. The van der Waals surface area contributed by atoms with E-state index >= 15 is 0 Å². The van der Waals surface area contributed by atoms with E-state index in [1.165, 1.54) is 0 Å². The van der Waals surface area contributed by atoms with E-state index in [1.807, 2.05) is 36.7 Å². The van der Waals surface area contributed by atoms with Gasteiger partial charge in [0.05, 0.1) is 27.1 Å². The van der Waals surface area contributed by atoms with Crippen LogP contribution in [0.1, 0.15) is 5.69 Å². The molecule has 106 valence electrons. The van der Waals surface area contributed by atoms with Gasteiger partial charge in [-0.25, -0.2) is 4.98 Å². The van der Waals surface area contributed by atoms with Gasteiger partial charge in [0.1, 0.15) is 5.69 Å². The molecule has 3 heterocycles. The van der Waals surface area contributed by atoms with Crippen LogP contribution in [0.5, 0.6) is 0 Å². The molecule has 0 aliphatic rings. The SMILES string of the molecule is Cc1cccc(-c2ncsc2-c2ccc3nccnc3c2)n1. The maximum Gasteiger partial charge on any atom is 0.107 e. The lowest BCUT2D eigenvalue weighted by Gasteiger charge is -2.04. The molecule has 0 radical (unpaired) electrons. The van der Waals surface area contributed by atoms with Gasteiger partial charge in [0.15, 0.2) is 0 Å². The minimum atomic E-state index is 0.886. The first kappa shape index (κ1) is 13.0. The van der Waals surface area contributed by atoms with E-state index in [0.717, 1.165) is 38.6 Å². The number of thiazole rings is 1. The van der Waals surface area contributed by atoms with Crippen molar-refractivity contribution in [3.63, 3.8) is 0 Å². The van der Waals surface area contributed by atoms with Crippen LogP contribution >= 0.6 is 11.3 Å². The molecule has 0 unspecified atom stereocenters. The summed E-state index contributed by atoms with van der Waals surface area (Å²) in [5.74, 6) is 0. The van der Waals surface area contributed by atoms with Crippen LogP contribution < -0.4 is 0 Å². The summed E-state index contributed by atoms with van der Waals surface area (Å²) >= 11 is 1.61. The van der Waals surface area contributed by atoms with Crippen molar-refractivity contribution in [2.45, 2.75) is 6.92 Å². The van der Waals surface area contributed by atoms with Gasteiger partial charge in [-0.15, -0.1) is 11.3 Å². The number of aryl methyl sites for hydroxylation is 1. The Morgan fingerprint density at radius 2 is 1.77 bits per heavy atom. The van der Waals surface area contributed by atoms with Crippen molar-refractivity contribution in [3.05, 3.63) is 60.0 Å². The van der Waals surface area contributed by atoms with Gasteiger partial charge in [-0.2, -0.15) is 0 Å². The Kier molecular flexibility index (Phi) is 3.12. The Morgan fingerprint density at radius 1 is 0.909 bits per heavy atom. The summed E-state index contributed by atoms with van der Waals surface area (Å²) in [4.78, 5) is 18.9. The molecule has 1 aromatic carbocycles. The van der Waals surface area contributed by atoms with Crippen molar-refractivity contribution >= 4 is 22.4 Å². The summed E-state index contributed by atoms with van der Waals surface area (Å²) < 4.78 is 0. The maximum atomic E-state index is 4.58. The van der Waals surface area contributed by atoms with Crippen LogP contribution in [0.15, 0.2) is 54.3 Å². The number of hydrogen-bond acceptors (Lipinski definition) is 5. The Balaban J connectivity index is 1.87. The third kappa shape index (κ3) is 2.25. The Morgan fingerprint density at radius 3 is 2.64 bits per heavy atom. The van der Waals surface area contributed by atoms with E-state index in [-0.39, 0.29) is 0 Å². The van der Waals surface area contributed by atoms with Crippen molar-refractivity contribution < 1.29 is 0 Å². The minimum absolute atomic E-state index is 0.886. The fourth-order valence-electron chi connectivity index (χ4n) is 2.41. The first-order valence-electron chi connectivity index (χ1n) is 6.90. The second-order valence-electron chi connectivity index (χ2n) is 4.95. The molecule has 4 aromatic rings. The summed E-state index contributed by atoms with van der Waals surface area (Å²) in [7, 11) is 0. The van der Waals surface area contributed by atoms with E-state index in [2.05, 4.69) is 32.1 Å². The number of hydrogen-bond donors (Lipinski definition) is 0. The van der Waals surface area contributed by atoms with Gasteiger partial charge in [-0.3, -0.25) is 15.0 Å². The largest absolute Gasteiger partial charge is 0.253 e. The van der Waals surface area contributed by atoms with Crippen LogP contribution in [0.25, 0.3) is 32.9 Å². The summed E-state index contributed by atoms with van der Waals surface area (Å²) in [5, 5.41) is 0. The topological polar surface area (TPSA) is 51.6 Å². The average Bonchev–Trinajstić information content (AvgIpc) is 3.04. The van der Waals surface area contributed by atoms with E-state index in [1.54, 1.807) is 23.7 Å². The highest BCUT2D eigenvalue weighted by atomic mass is 32.1. The van der Waals surface area contributed by atoms with Gasteiger partial charge < -0.3 is 0 Å². The third-order valence-electron chi connectivity index (χ3n) is 3.43. The number of rotatable bonds is 2. The minimum Gasteiger partial charge on any atom is -0.253 e. The van der Waals surface area contributed by atoms with Gasteiger partial charge in [-0.05, 0) is 36.8 Å². The number of pyridine rings is 1. The van der Waals surface area contributed by atoms with Crippen molar-refractivity contribution in [3.8, 4) is 21.8 Å². The standard InChI is InChI=1S/C17H12N4S/c1-11-3-2-4-14(21-11)16-17(22-10-20-16)12-5-6-13-15(9-12)19-8-7-18-13/h2-10H,1H3. The molecule has 0 fully saturated rings. The molecule has 0 N–H and O–H groups in total. The molecule has 3 aromatic heterocycles. The highest BCUT2D eigenvalue weighted by Gasteiger charge is 2.13. The molecule has 0 amide bonds. The zero-order chi connectivity index (χ0) is 14.9. The molecular weight excluding hydrogens is 292 g/mol. The molecule has 0 saturated heterocycles. The van der Waals surface area contributed by atoms with Crippen LogP contribution in [0.3, 0.4) is 0 Å². The van der Waals surface area contributed by atoms with E-state index in [9.17, 15) is 0 Å². The quantitative estimate of drug-likeness (QED) is 0.559. The predicted molar refractivity (Wildman–Crippen MR) is 88.6 cm³/mol. The van der Waals surface area contributed by atoms with Crippen LogP contribution in [0.4, 0.5) is 0 Å². The van der Waals surface area contributed by atoms with Gasteiger partial charge in [0, 0.05) is 18.1 Å². The fraction of sp³-hybridized carbons (Fsp3) is 0.0588. The highest BCUT2D eigenvalue weighted by Crippen LogP contribution is 2.34. The van der Waals surface area contributed by atoms with Gasteiger partial charge in [0.2, 0.25) is 0 Å². The molecule has 22 heavy (non-hydrogen) atoms. The Bertz CT molecular complexity index is 961. The number of benzene rings is 1. The third-order valence-corrected chi connectivity index (χ3v) is 4.31. The van der Waals surface area contributed by atoms with Crippen molar-refractivity contribution in [2.75, 3.05) is 0 Å². The number of fused-ring (bicyclic) bond motifs is 1. The molecule has 4 nitrogen and oxygen atoms in total. The van der Waals surface area contributed by atoms with Gasteiger partial charge in [-0.1, -0.05) is 12.1 Å². The lowest BCUT2D eigenvalue weighted by Crippen LogP contribution is -1.89. The van der Waals surface area contributed by atoms with E-state index < -0.39 is 0 Å². The van der Waals surface area contributed by atoms with Crippen LogP contribution in [0, 0.1) is 6.92 Å². The normalized spacial score (nSPS) is 11.0. The zero-order valence-corrected chi connectivity index (χ0v) is 12.7. The van der Waals surface area contributed by atoms with Crippen LogP contribution in [-0.2, 0) is 0 Å². The Hall–Kier alpha value is -2.66. The van der Waals surface area contributed by atoms with Crippen molar-refractivity contribution in [1.82, 2.24) is 19.9 Å². The second kappa shape index (κ2) is 5.27. The molecule has 4 rings (SSSR count). The predicted octanol–water partition coefficient (Wildman–Crippen LogP) is 4.12. The van der Waals surface area contributed by atoms with Crippen molar-refractivity contribution in [1.29, 1.82) is 0 Å². The van der Waals surface area contributed by atoms with Crippen LogP contribution in [-0.4, -0.2) is 19.9 Å². The Labute approximate surface area is 131 Å². The molecule has 0 spiro atoms.